The molecule has 1 atom stereocenters. The normalized spacial score (nSPS) is 12.4. The van der Waals surface area contributed by atoms with Crippen LogP contribution in [-0.2, 0) is 0 Å². The SMILES string of the molecule is Cc1csc(C(O)C(=O)c2ccc(F)cc2)c1. The van der Waals surface area contributed by atoms with Gasteiger partial charge in [0, 0.05) is 10.4 Å². The fraction of sp³-hybridized carbons (Fsp3) is 0.154. The Hall–Kier alpha value is -1.52. The van der Waals surface area contributed by atoms with Gasteiger partial charge < -0.3 is 5.11 Å². The minimum atomic E-state index is -1.17. The summed E-state index contributed by atoms with van der Waals surface area (Å²) in [5.41, 5.74) is 1.32. The predicted molar refractivity (Wildman–Crippen MR) is 64.7 cm³/mol. The lowest BCUT2D eigenvalue weighted by atomic mass is 10.0. The van der Waals surface area contributed by atoms with Crippen molar-refractivity contribution in [1.29, 1.82) is 0 Å². The molecule has 0 amide bonds. The van der Waals surface area contributed by atoms with Crippen molar-refractivity contribution in [3.05, 3.63) is 57.5 Å². The molecule has 0 fully saturated rings. The summed E-state index contributed by atoms with van der Waals surface area (Å²) >= 11 is 1.34. The van der Waals surface area contributed by atoms with E-state index in [2.05, 4.69) is 0 Å². The van der Waals surface area contributed by atoms with Crippen molar-refractivity contribution < 1.29 is 14.3 Å². The summed E-state index contributed by atoms with van der Waals surface area (Å²) in [6, 6.07) is 6.94. The van der Waals surface area contributed by atoms with Crippen molar-refractivity contribution in [1.82, 2.24) is 0 Å². The molecule has 1 heterocycles. The molecule has 0 aliphatic heterocycles. The summed E-state index contributed by atoms with van der Waals surface area (Å²) in [7, 11) is 0. The first kappa shape index (κ1) is 12.0. The van der Waals surface area contributed by atoms with Gasteiger partial charge >= 0.3 is 0 Å². The van der Waals surface area contributed by atoms with Crippen LogP contribution in [0, 0.1) is 12.7 Å². The molecular formula is C13H11FO2S. The van der Waals surface area contributed by atoms with Crippen LogP contribution in [0.5, 0.6) is 0 Å². The van der Waals surface area contributed by atoms with Gasteiger partial charge in [-0.3, -0.25) is 4.79 Å². The van der Waals surface area contributed by atoms with Gasteiger partial charge in [0.15, 0.2) is 11.9 Å². The molecule has 2 rings (SSSR count). The number of Topliss-reactive ketones (excluding diaryl/α,β-unsaturated/α-hetero) is 1. The van der Waals surface area contributed by atoms with E-state index in [0.29, 0.717) is 10.4 Å². The lowest BCUT2D eigenvalue weighted by molar-refractivity contribution is 0.0753. The Balaban J connectivity index is 2.23. The fourth-order valence-electron chi connectivity index (χ4n) is 1.50. The van der Waals surface area contributed by atoms with Gasteiger partial charge in [-0.05, 0) is 48.2 Å². The summed E-state index contributed by atoms with van der Waals surface area (Å²) < 4.78 is 12.7. The molecular weight excluding hydrogens is 239 g/mol. The quantitative estimate of drug-likeness (QED) is 0.850. The van der Waals surface area contributed by atoms with Crippen LogP contribution >= 0.6 is 11.3 Å². The average Bonchev–Trinajstić information content (AvgIpc) is 2.75. The Morgan fingerprint density at radius 1 is 1.35 bits per heavy atom. The van der Waals surface area contributed by atoms with Gasteiger partial charge in [0.1, 0.15) is 5.82 Å². The van der Waals surface area contributed by atoms with Gasteiger partial charge in [-0.1, -0.05) is 0 Å². The fourth-order valence-corrected chi connectivity index (χ4v) is 2.38. The highest BCUT2D eigenvalue weighted by Gasteiger charge is 2.20. The summed E-state index contributed by atoms with van der Waals surface area (Å²) in [6.07, 6.45) is -1.17. The molecule has 0 aliphatic rings. The molecule has 0 bridgehead atoms. The number of halogens is 1. The number of aliphatic hydroxyl groups is 1. The van der Waals surface area contributed by atoms with Gasteiger partial charge in [0.25, 0.3) is 0 Å². The van der Waals surface area contributed by atoms with Crippen molar-refractivity contribution in [2.45, 2.75) is 13.0 Å². The molecule has 88 valence electrons. The molecule has 0 saturated heterocycles. The van der Waals surface area contributed by atoms with Crippen LogP contribution in [0.25, 0.3) is 0 Å². The molecule has 2 aromatic rings. The Bertz CT molecular complexity index is 531. The van der Waals surface area contributed by atoms with E-state index in [1.54, 1.807) is 6.07 Å². The van der Waals surface area contributed by atoms with Crippen LogP contribution in [0.4, 0.5) is 4.39 Å². The number of benzene rings is 1. The van der Waals surface area contributed by atoms with Crippen LogP contribution < -0.4 is 0 Å². The molecule has 4 heteroatoms. The van der Waals surface area contributed by atoms with E-state index in [0.717, 1.165) is 5.56 Å². The van der Waals surface area contributed by atoms with Crippen molar-refractivity contribution in [3.8, 4) is 0 Å². The molecule has 0 aliphatic carbocycles. The highest BCUT2D eigenvalue weighted by molar-refractivity contribution is 7.10. The molecule has 1 aromatic carbocycles. The van der Waals surface area contributed by atoms with Crippen LogP contribution in [0.1, 0.15) is 26.9 Å². The number of carbonyl (C=O) groups excluding carboxylic acids is 1. The summed E-state index contributed by atoms with van der Waals surface area (Å²) in [4.78, 5) is 12.5. The second-order valence-corrected chi connectivity index (χ2v) is 4.74. The van der Waals surface area contributed by atoms with E-state index < -0.39 is 17.7 Å². The summed E-state index contributed by atoms with van der Waals surface area (Å²) in [5, 5.41) is 11.8. The van der Waals surface area contributed by atoms with Gasteiger partial charge in [-0.25, -0.2) is 4.39 Å². The minimum absolute atomic E-state index is 0.310. The van der Waals surface area contributed by atoms with E-state index >= 15 is 0 Å². The van der Waals surface area contributed by atoms with E-state index in [1.807, 2.05) is 12.3 Å². The smallest absolute Gasteiger partial charge is 0.196 e. The Morgan fingerprint density at radius 2 is 2.00 bits per heavy atom. The maximum Gasteiger partial charge on any atom is 0.196 e. The van der Waals surface area contributed by atoms with Crippen LogP contribution in [0.2, 0.25) is 0 Å². The molecule has 2 nitrogen and oxygen atoms in total. The van der Waals surface area contributed by atoms with Crippen LogP contribution in [0.3, 0.4) is 0 Å². The molecule has 0 saturated carbocycles. The summed E-state index contributed by atoms with van der Waals surface area (Å²) in [6.45, 7) is 1.90. The number of ketones is 1. The first-order chi connectivity index (χ1) is 8.08. The third kappa shape index (κ3) is 2.60. The Morgan fingerprint density at radius 3 is 2.53 bits per heavy atom. The highest BCUT2D eigenvalue weighted by atomic mass is 32.1. The third-order valence-electron chi connectivity index (χ3n) is 2.40. The Labute approximate surface area is 102 Å². The highest BCUT2D eigenvalue weighted by Crippen LogP contribution is 2.24. The molecule has 1 aromatic heterocycles. The molecule has 1 N–H and O–H groups in total. The number of rotatable bonds is 3. The zero-order valence-corrected chi connectivity index (χ0v) is 10.00. The van der Waals surface area contributed by atoms with Gasteiger partial charge in [-0.15, -0.1) is 11.3 Å². The van der Waals surface area contributed by atoms with E-state index in [4.69, 9.17) is 0 Å². The van der Waals surface area contributed by atoms with Crippen molar-refractivity contribution in [2.24, 2.45) is 0 Å². The van der Waals surface area contributed by atoms with E-state index in [-0.39, 0.29) is 0 Å². The average molecular weight is 250 g/mol. The zero-order valence-electron chi connectivity index (χ0n) is 9.18. The number of aliphatic hydroxyl groups excluding tert-OH is 1. The van der Waals surface area contributed by atoms with E-state index in [9.17, 15) is 14.3 Å². The standard InChI is InChI=1S/C13H11FO2S/c1-8-6-11(17-7-8)13(16)12(15)9-2-4-10(14)5-3-9/h2-7,13,16H,1H3. The Kier molecular flexibility index (Phi) is 3.36. The third-order valence-corrected chi connectivity index (χ3v) is 3.50. The second kappa shape index (κ2) is 4.77. The maximum atomic E-state index is 12.7. The van der Waals surface area contributed by atoms with Crippen LogP contribution in [-0.4, -0.2) is 10.9 Å². The largest absolute Gasteiger partial charge is 0.379 e. The van der Waals surface area contributed by atoms with E-state index in [1.165, 1.54) is 35.6 Å². The number of thiophene rings is 1. The van der Waals surface area contributed by atoms with Crippen LogP contribution in [0.15, 0.2) is 35.7 Å². The first-order valence-electron chi connectivity index (χ1n) is 5.11. The summed E-state index contributed by atoms with van der Waals surface area (Å²) in [5.74, 6) is -0.810. The predicted octanol–water partition coefficient (Wildman–Crippen LogP) is 3.11. The number of hydrogen-bond acceptors (Lipinski definition) is 3. The maximum absolute atomic E-state index is 12.7. The lowest BCUT2D eigenvalue weighted by Crippen LogP contribution is -2.10. The molecule has 0 radical (unpaired) electrons. The number of aryl methyl sites for hydroxylation is 1. The van der Waals surface area contributed by atoms with Gasteiger partial charge in [0.2, 0.25) is 0 Å². The number of carbonyl (C=O) groups is 1. The second-order valence-electron chi connectivity index (χ2n) is 3.80. The zero-order chi connectivity index (χ0) is 12.4. The minimum Gasteiger partial charge on any atom is -0.379 e. The topological polar surface area (TPSA) is 37.3 Å². The monoisotopic (exact) mass is 250 g/mol. The van der Waals surface area contributed by atoms with Gasteiger partial charge in [-0.2, -0.15) is 0 Å². The first-order valence-corrected chi connectivity index (χ1v) is 5.99. The number of hydrogen-bond donors (Lipinski definition) is 1. The van der Waals surface area contributed by atoms with Crippen molar-refractivity contribution in [2.75, 3.05) is 0 Å². The molecule has 1 unspecified atom stereocenters. The molecule has 17 heavy (non-hydrogen) atoms. The van der Waals surface area contributed by atoms with Gasteiger partial charge in [0.05, 0.1) is 0 Å². The van der Waals surface area contributed by atoms with Crippen molar-refractivity contribution >= 4 is 17.1 Å². The lowest BCUT2D eigenvalue weighted by Gasteiger charge is -2.07. The van der Waals surface area contributed by atoms with Crippen molar-refractivity contribution in [3.63, 3.8) is 0 Å². The molecule has 0 spiro atoms.